The van der Waals surface area contributed by atoms with Gasteiger partial charge in [0, 0.05) is 3.57 Å². The molecule has 2 nitrogen and oxygen atoms in total. The van der Waals surface area contributed by atoms with Gasteiger partial charge in [0.2, 0.25) is 0 Å². The summed E-state index contributed by atoms with van der Waals surface area (Å²) in [6.45, 7) is 1.59. The van der Waals surface area contributed by atoms with Gasteiger partial charge in [-0.2, -0.15) is 13.2 Å². The van der Waals surface area contributed by atoms with Crippen molar-refractivity contribution in [1.82, 2.24) is 0 Å². The fourth-order valence-corrected chi connectivity index (χ4v) is 1.89. The number of hydrogen-bond donors (Lipinski definition) is 0. The van der Waals surface area contributed by atoms with Gasteiger partial charge in [-0.3, -0.25) is 0 Å². The van der Waals surface area contributed by atoms with Gasteiger partial charge in [-0.25, -0.2) is 4.79 Å². The summed E-state index contributed by atoms with van der Waals surface area (Å²) in [6.07, 6.45) is -4.55. The Morgan fingerprint density at radius 2 is 2.06 bits per heavy atom. The third kappa shape index (κ3) is 2.87. The zero-order valence-corrected chi connectivity index (χ0v) is 10.4. The topological polar surface area (TPSA) is 26.3 Å². The third-order valence-corrected chi connectivity index (χ3v) is 2.70. The molecule has 0 heterocycles. The Morgan fingerprint density at radius 3 is 2.56 bits per heavy atom. The first-order chi connectivity index (χ1) is 7.38. The van der Waals surface area contributed by atoms with Crippen LogP contribution in [0.1, 0.15) is 22.8 Å². The summed E-state index contributed by atoms with van der Waals surface area (Å²) >= 11 is 1.68. The van der Waals surface area contributed by atoms with Crippen LogP contribution < -0.4 is 0 Å². The highest BCUT2D eigenvalue weighted by Crippen LogP contribution is 2.34. The lowest BCUT2D eigenvalue weighted by Crippen LogP contribution is -2.16. The van der Waals surface area contributed by atoms with Gasteiger partial charge in [0.1, 0.15) is 0 Å². The molecule has 16 heavy (non-hydrogen) atoms. The van der Waals surface area contributed by atoms with Crippen molar-refractivity contribution in [3.8, 4) is 0 Å². The number of esters is 1. The SMILES string of the molecule is CCOC(=O)c1c(I)cccc1C(F)(F)F. The van der Waals surface area contributed by atoms with Gasteiger partial charge >= 0.3 is 12.1 Å². The fourth-order valence-electron chi connectivity index (χ4n) is 1.17. The van der Waals surface area contributed by atoms with E-state index in [1.165, 1.54) is 12.1 Å². The van der Waals surface area contributed by atoms with Crippen LogP contribution in [0.5, 0.6) is 0 Å². The zero-order chi connectivity index (χ0) is 12.3. The molecule has 6 heteroatoms. The number of alkyl halides is 3. The summed E-state index contributed by atoms with van der Waals surface area (Å²) < 4.78 is 42.7. The van der Waals surface area contributed by atoms with Gasteiger partial charge in [-0.15, -0.1) is 0 Å². The second-order valence-corrected chi connectivity index (χ2v) is 4.04. The first kappa shape index (κ1) is 13.3. The van der Waals surface area contributed by atoms with Gasteiger partial charge < -0.3 is 4.74 Å². The van der Waals surface area contributed by atoms with E-state index in [4.69, 9.17) is 0 Å². The van der Waals surface area contributed by atoms with Crippen molar-refractivity contribution in [2.24, 2.45) is 0 Å². The van der Waals surface area contributed by atoms with Crippen LogP contribution in [0.15, 0.2) is 18.2 Å². The number of benzene rings is 1. The molecule has 0 spiro atoms. The standard InChI is InChI=1S/C10H8F3IO2/c1-2-16-9(15)8-6(10(11,12)13)4-3-5-7(8)14/h3-5H,2H2,1H3. The number of halogens is 4. The van der Waals surface area contributed by atoms with Crippen molar-refractivity contribution < 1.29 is 22.7 Å². The normalized spacial score (nSPS) is 11.3. The molecule has 0 unspecified atom stereocenters. The molecule has 0 saturated heterocycles. The second kappa shape index (κ2) is 5.03. The lowest BCUT2D eigenvalue weighted by molar-refractivity contribution is -0.138. The quantitative estimate of drug-likeness (QED) is 0.607. The van der Waals surface area contributed by atoms with Crippen molar-refractivity contribution in [1.29, 1.82) is 0 Å². The van der Waals surface area contributed by atoms with E-state index in [9.17, 15) is 18.0 Å². The van der Waals surface area contributed by atoms with Crippen molar-refractivity contribution >= 4 is 28.6 Å². The summed E-state index contributed by atoms with van der Waals surface area (Å²) in [5.74, 6) is -0.945. The van der Waals surface area contributed by atoms with Crippen LogP contribution in [0.25, 0.3) is 0 Å². The Kier molecular flexibility index (Phi) is 4.17. The predicted molar refractivity (Wildman–Crippen MR) is 60.1 cm³/mol. The van der Waals surface area contributed by atoms with Crippen LogP contribution in [0, 0.1) is 3.57 Å². The van der Waals surface area contributed by atoms with Crippen LogP contribution in [-0.4, -0.2) is 12.6 Å². The highest BCUT2D eigenvalue weighted by molar-refractivity contribution is 14.1. The monoisotopic (exact) mass is 344 g/mol. The third-order valence-electron chi connectivity index (χ3n) is 1.80. The summed E-state index contributed by atoms with van der Waals surface area (Å²) in [7, 11) is 0. The van der Waals surface area contributed by atoms with E-state index in [2.05, 4.69) is 4.74 Å². The minimum Gasteiger partial charge on any atom is -0.462 e. The van der Waals surface area contributed by atoms with E-state index in [0.717, 1.165) is 6.07 Å². The van der Waals surface area contributed by atoms with Gasteiger partial charge in [-0.1, -0.05) is 6.07 Å². The van der Waals surface area contributed by atoms with Crippen molar-refractivity contribution in [2.75, 3.05) is 6.61 Å². The number of carbonyl (C=O) groups excluding carboxylic acids is 1. The van der Waals surface area contributed by atoms with Crippen LogP contribution in [0.4, 0.5) is 13.2 Å². The highest BCUT2D eigenvalue weighted by atomic mass is 127. The van der Waals surface area contributed by atoms with E-state index in [1.54, 1.807) is 29.5 Å². The highest BCUT2D eigenvalue weighted by Gasteiger charge is 2.36. The minimum absolute atomic E-state index is 0.0428. The number of ether oxygens (including phenoxy) is 1. The maximum Gasteiger partial charge on any atom is 0.417 e. The summed E-state index contributed by atoms with van der Waals surface area (Å²) in [5, 5.41) is 0. The van der Waals surface area contributed by atoms with E-state index in [0.29, 0.717) is 0 Å². The van der Waals surface area contributed by atoms with E-state index < -0.39 is 23.3 Å². The molecule has 0 radical (unpaired) electrons. The van der Waals surface area contributed by atoms with E-state index >= 15 is 0 Å². The second-order valence-electron chi connectivity index (χ2n) is 2.88. The average Bonchev–Trinajstić information content (AvgIpc) is 2.16. The molecule has 0 fully saturated rings. The number of rotatable bonds is 2. The Labute approximate surface area is 104 Å². The molecular formula is C10H8F3IO2. The van der Waals surface area contributed by atoms with E-state index in [1.807, 2.05) is 0 Å². The van der Waals surface area contributed by atoms with Crippen LogP contribution in [0.2, 0.25) is 0 Å². The Hall–Kier alpha value is -0.790. The molecule has 0 amide bonds. The largest absolute Gasteiger partial charge is 0.462 e. The minimum atomic E-state index is -4.55. The lowest BCUT2D eigenvalue weighted by Gasteiger charge is -2.13. The lowest BCUT2D eigenvalue weighted by atomic mass is 10.1. The average molecular weight is 344 g/mol. The maximum atomic E-state index is 12.6. The van der Waals surface area contributed by atoms with E-state index in [-0.39, 0.29) is 10.2 Å². The zero-order valence-electron chi connectivity index (χ0n) is 8.27. The summed E-state index contributed by atoms with van der Waals surface area (Å²) in [5.41, 5.74) is -1.38. The van der Waals surface area contributed by atoms with Gasteiger partial charge in [-0.05, 0) is 41.6 Å². The Balaban J connectivity index is 3.30. The van der Waals surface area contributed by atoms with Gasteiger partial charge in [0.15, 0.2) is 0 Å². The Morgan fingerprint density at radius 1 is 1.44 bits per heavy atom. The van der Waals surface area contributed by atoms with Gasteiger partial charge in [0.05, 0.1) is 17.7 Å². The smallest absolute Gasteiger partial charge is 0.417 e. The Bertz CT molecular complexity index is 402. The number of hydrogen-bond acceptors (Lipinski definition) is 2. The summed E-state index contributed by atoms with van der Waals surface area (Å²) in [6, 6.07) is 3.56. The molecule has 1 rings (SSSR count). The molecule has 0 aromatic heterocycles. The molecule has 0 aliphatic heterocycles. The number of carbonyl (C=O) groups is 1. The van der Waals surface area contributed by atoms with Crippen LogP contribution in [-0.2, 0) is 10.9 Å². The molecule has 0 atom stereocenters. The molecule has 1 aromatic carbocycles. The van der Waals surface area contributed by atoms with Crippen molar-refractivity contribution in [3.05, 3.63) is 32.9 Å². The summed E-state index contributed by atoms with van der Waals surface area (Å²) in [4.78, 5) is 11.4. The van der Waals surface area contributed by atoms with Crippen LogP contribution in [0.3, 0.4) is 0 Å². The first-order valence-corrected chi connectivity index (χ1v) is 5.48. The molecular weight excluding hydrogens is 336 g/mol. The van der Waals surface area contributed by atoms with Crippen LogP contribution >= 0.6 is 22.6 Å². The first-order valence-electron chi connectivity index (χ1n) is 4.40. The van der Waals surface area contributed by atoms with Crippen molar-refractivity contribution in [3.63, 3.8) is 0 Å². The van der Waals surface area contributed by atoms with Crippen molar-refractivity contribution in [2.45, 2.75) is 13.1 Å². The van der Waals surface area contributed by atoms with Gasteiger partial charge in [0.25, 0.3) is 0 Å². The predicted octanol–water partition coefficient (Wildman–Crippen LogP) is 3.49. The fraction of sp³-hybridized carbons (Fsp3) is 0.300. The molecule has 0 N–H and O–H groups in total. The molecule has 0 aliphatic rings. The molecule has 0 bridgehead atoms. The molecule has 0 aliphatic carbocycles. The molecule has 1 aromatic rings. The molecule has 0 saturated carbocycles. The maximum absolute atomic E-state index is 12.6. The molecule has 88 valence electrons.